The minimum absolute atomic E-state index is 0.297. The zero-order valence-corrected chi connectivity index (χ0v) is 10.3. The van der Waals surface area contributed by atoms with E-state index in [2.05, 4.69) is 54.3 Å². The molecule has 1 aromatic heterocycles. The first kappa shape index (κ1) is 10.7. The number of ether oxygens (including phenoxy) is 1. The van der Waals surface area contributed by atoms with Crippen molar-refractivity contribution in [3.8, 4) is 0 Å². The predicted octanol–water partition coefficient (Wildman–Crippen LogP) is 2.77. The van der Waals surface area contributed by atoms with Gasteiger partial charge in [0.2, 0.25) is 0 Å². The van der Waals surface area contributed by atoms with Crippen LogP contribution in [0, 0.1) is 0 Å². The Hall–Kier alpha value is -1.48. The third-order valence-corrected chi connectivity index (χ3v) is 3.61. The SMILES string of the molecule is C[C@@H]1OCC[C@@H]1Nc1cccc2ccn(C)c12. The maximum atomic E-state index is 5.59. The van der Waals surface area contributed by atoms with Crippen LogP contribution in [0.25, 0.3) is 10.9 Å². The van der Waals surface area contributed by atoms with Crippen molar-refractivity contribution in [2.75, 3.05) is 11.9 Å². The molecule has 3 heteroatoms. The van der Waals surface area contributed by atoms with Gasteiger partial charge in [0.25, 0.3) is 0 Å². The van der Waals surface area contributed by atoms with Gasteiger partial charge in [-0.1, -0.05) is 12.1 Å². The average Bonchev–Trinajstić information content (AvgIpc) is 2.88. The molecule has 1 saturated heterocycles. The molecule has 0 unspecified atom stereocenters. The first-order valence-corrected chi connectivity index (χ1v) is 6.18. The first-order chi connectivity index (χ1) is 8.25. The summed E-state index contributed by atoms with van der Waals surface area (Å²) in [6.07, 6.45) is 3.48. The Kier molecular flexibility index (Phi) is 2.56. The third kappa shape index (κ3) is 1.80. The molecule has 3 nitrogen and oxygen atoms in total. The van der Waals surface area contributed by atoms with Gasteiger partial charge in [0, 0.05) is 25.2 Å². The van der Waals surface area contributed by atoms with Crippen molar-refractivity contribution in [1.82, 2.24) is 4.57 Å². The highest BCUT2D eigenvalue weighted by atomic mass is 16.5. The van der Waals surface area contributed by atoms with Crippen LogP contribution >= 0.6 is 0 Å². The summed E-state index contributed by atoms with van der Waals surface area (Å²) in [5.74, 6) is 0. The van der Waals surface area contributed by atoms with Gasteiger partial charge < -0.3 is 14.6 Å². The molecular formula is C14H18N2O. The van der Waals surface area contributed by atoms with E-state index < -0.39 is 0 Å². The fraction of sp³-hybridized carbons (Fsp3) is 0.429. The number of hydrogen-bond donors (Lipinski definition) is 1. The van der Waals surface area contributed by atoms with Gasteiger partial charge in [-0.3, -0.25) is 0 Å². The number of aromatic nitrogens is 1. The lowest BCUT2D eigenvalue weighted by Crippen LogP contribution is -2.26. The van der Waals surface area contributed by atoms with Gasteiger partial charge in [0.1, 0.15) is 0 Å². The molecule has 1 fully saturated rings. The fourth-order valence-electron chi connectivity index (χ4n) is 2.59. The summed E-state index contributed by atoms with van der Waals surface area (Å²) >= 11 is 0. The fourth-order valence-corrected chi connectivity index (χ4v) is 2.59. The molecule has 0 bridgehead atoms. The molecule has 2 heterocycles. The monoisotopic (exact) mass is 230 g/mol. The standard InChI is InChI=1S/C14H18N2O/c1-10-12(7-9-17-10)15-13-5-3-4-11-6-8-16(2)14(11)13/h3-6,8,10,12,15H,7,9H2,1-2H3/t10-,12-/m0/s1. The van der Waals surface area contributed by atoms with Crippen LogP contribution in [0.4, 0.5) is 5.69 Å². The summed E-state index contributed by atoms with van der Waals surface area (Å²) in [7, 11) is 2.09. The van der Waals surface area contributed by atoms with Crippen molar-refractivity contribution in [2.45, 2.75) is 25.5 Å². The van der Waals surface area contributed by atoms with Crippen LogP contribution in [0.5, 0.6) is 0 Å². The molecule has 1 aliphatic heterocycles. The Morgan fingerprint density at radius 2 is 2.24 bits per heavy atom. The molecule has 3 rings (SSSR count). The second-order valence-electron chi connectivity index (χ2n) is 4.79. The van der Waals surface area contributed by atoms with E-state index in [1.165, 1.54) is 16.6 Å². The normalized spacial score (nSPS) is 24.4. The minimum Gasteiger partial charge on any atom is -0.378 e. The van der Waals surface area contributed by atoms with Crippen LogP contribution in [-0.2, 0) is 11.8 Å². The molecule has 0 radical (unpaired) electrons. The van der Waals surface area contributed by atoms with Crippen LogP contribution < -0.4 is 5.32 Å². The number of hydrogen-bond acceptors (Lipinski definition) is 2. The summed E-state index contributed by atoms with van der Waals surface area (Å²) in [6, 6.07) is 8.97. The maximum absolute atomic E-state index is 5.59. The summed E-state index contributed by atoms with van der Waals surface area (Å²) < 4.78 is 7.76. The predicted molar refractivity (Wildman–Crippen MR) is 70.4 cm³/mol. The second kappa shape index (κ2) is 4.08. The molecule has 2 aromatic rings. The van der Waals surface area contributed by atoms with E-state index >= 15 is 0 Å². The summed E-state index contributed by atoms with van der Waals surface area (Å²) in [5, 5.41) is 4.90. The molecule has 0 aliphatic carbocycles. The minimum atomic E-state index is 0.297. The summed E-state index contributed by atoms with van der Waals surface area (Å²) in [5.41, 5.74) is 2.48. The van der Waals surface area contributed by atoms with Crippen molar-refractivity contribution < 1.29 is 4.74 Å². The van der Waals surface area contributed by atoms with E-state index in [0.29, 0.717) is 12.1 Å². The number of nitrogens with zero attached hydrogens (tertiary/aromatic N) is 1. The number of rotatable bonds is 2. The average molecular weight is 230 g/mol. The van der Waals surface area contributed by atoms with Gasteiger partial charge in [0.05, 0.1) is 23.3 Å². The second-order valence-corrected chi connectivity index (χ2v) is 4.79. The van der Waals surface area contributed by atoms with E-state index in [-0.39, 0.29) is 0 Å². The van der Waals surface area contributed by atoms with E-state index in [9.17, 15) is 0 Å². The van der Waals surface area contributed by atoms with Gasteiger partial charge in [-0.05, 0) is 25.5 Å². The maximum Gasteiger partial charge on any atom is 0.0748 e. The van der Waals surface area contributed by atoms with Crippen LogP contribution in [0.3, 0.4) is 0 Å². The number of aryl methyl sites for hydroxylation is 1. The van der Waals surface area contributed by atoms with E-state index in [0.717, 1.165) is 13.0 Å². The number of fused-ring (bicyclic) bond motifs is 1. The Balaban J connectivity index is 1.97. The first-order valence-electron chi connectivity index (χ1n) is 6.18. The Labute approximate surface area is 101 Å². The highest BCUT2D eigenvalue weighted by molar-refractivity contribution is 5.91. The quantitative estimate of drug-likeness (QED) is 0.858. The van der Waals surface area contributed by atoms with Gasteiger partial charge in [-0.25, -0.2) is 0 Å². The molecule has 1 aromatic carbocycles. The molecule has 1 aliphatic rings. The number of benzene rings is 1. The molecule has 0 amide bonds. The third-order valence-electron chi connectivity index (χ3n) is 3.61. The number of para-hydroxylation sites is 1. The van der Waals surface area contributed by atoms with Crippen molar-refractivity contribution >= 4 is 16.6 Å². The molecule has 17 heavy (non-hydrogen) atoms. The lowest BCUT2D eigenvalue weighted by atomic mass is 10.1. The number of anilines is 1. The zero-order chi connectivity index (χ0) is 11.8. The molecule has 1 N–H and O–H groups in total. The molecule has 2 atom stereocenters. The Morgan fingerprint density at radius 1 is 1.35 bits per heavy atom. The molecule has 0 saturated carbocycles. The van der Waals surface area contributed by atoms with Crippen molar-refractivity contribution in [3.05, 3.63) is 30.5 Å². The van der Waals surface area contributed by atoms with Crippen molar-refractivity contribution in [3.63, 3.8) is 0 Å². The topological polar surface area (TPSA) is 26.2 Å². The highest BCUT2D eigenvalue weighted by Gasteiger charge is 2.24. The van der Waals surface area contributed by atoms with Crippen LogP contribution in [0.1, 0.15) is 13.3 Å². The largest absolute Gasteiger partial charge is 0.378 e. The summed E-state index contributed by atoms with van der Waals surface area (Å²) in [6.45, 7) is 3.00. The van der Waals surface area contributed by atoms with E-state index in [4.69, 9.17) is 4.74 Å². The lowest BCUT2D eigenvalue weighted by Gasteiger charge is -2.18. The van der Waals surface area contributed by atoms with Crippen molar-refractivity contribution in [2.24, 2.45) is 7.05 Å². The van der Waals surface area contributed by atoms with E-state index in [1.807, 2.05) is 0 Å². The Morgan fingerprint density at radius 3 is 3.00 bits per heavy atom. The van der Waals surface area contributed by atoms with Gasteiger partial charge >= 0.3 is 0 Å². The molecule has 90 valence electrons. The lowest BCUT2D eigenvalue weighted by molar-refractivity contribution is 0.121. The van der Waals surface area contributed by atoms with Crippen LogP contribution in [-0.4, -0.2) is 23.3 Å². The molecule has 0 spiro atoms. The van der Waals surface area contributed by atoms with Crippen LogP contribution in [0.2, 0.25) is 0 Å². The summed E-state index contributed by atoms with van der Waals surface area (Å²) in [4.78, 5) is 0. The van der Waals surface area contributed by atoms with Gasteiger partial charge in [-0.2, -0.15) is 0 Å². The van der Waals surface area contributed by atoms with Gasteiger partial charge in [-0.15, -0.1) is 0 Å². The smallest absolute Gasteiger partial charge is 0.0748 e. The van der Waals surface area contributed by atoms with Crippen molar-refractivity contribution in [1.29, 1.82) is 0 Å². The Bertz CT molecular complexity index is 532. The van der Waals surface area contributed by atoms with Crippen LogP contribution in [0.15, 0.2) is 30.5 Å². The van der Waals surface area contributed by atoms with E-state index in [1.54, 1.807) is 0 Å². The van der Waals surface area contributed by atoms with Gasteiger partial charge in [0.15, 0.2) is 0 Å². The molecular weight excluding hydrogens is 212 g/mol. The number of nitrogens with one attached hydrogen (secondary N) is 1. The zero-order valence-electron chi connectivity index (χ0n) is 10.3. The highest BCUT2D eigenvalue weighted by Crippen LogP contribution is 2.26.